The van der Waals surface area contributed by atoms with E-state index in [1.54, 1.807) is 17.0 Å². The maximum atomic E-state index is 13.0. The van der Waals surface area contributed by atoms with E-state index in [2.05, 4.69) is 19.6 Å². The summed E-state index contributed by atoms with van der Waals surface area (Å²) in [6.07, 6.45) is 4.97. The Labute approximate surface area is 188 Å². The molecule has 1 aliphatic rings. The minimum absolute atomic E-state index is 0.128. The lowest BCUT2D eigenvalue weighted by Crippen LogP contribution is -2.31. The first-order chi connectivity index (χ1) is 15.4. The zero-order valence-corrected chi connectivity index (χ0v) is 19.0. The number of piperidine rings is 1. The molecular formula is C23H27N5O3S. The van der Waals surface area contributed by atoms with Gasteiger partial charge >= 0.3 is 0 Å². The predicted octanol–water partition coefficient (Wildman–Crippen LogP) is 4.13. The molecule has 1 aromatic heterocycles. The lowest BCUT2D eigenvalue weighted by molar-refractivity contribution is 0.482. The summed E-state index contributed by atoms with van der Waals surface area (Å²) in [5, 5.41) is 0. The van der Waals surface area contributed by atoms with Gasteiger partial charge in [0.25, 0.3) is 10.0 Å². The molecule has 0 bridgehead atoms. The summed E-state index contributed by atoms with van der Waals surface area (Å²) in [7, 11) is -0.164. The van der Waals surface area contributed by atoms with Gasteiger partial charge in [0.2, 0.25) is 5.95 Å². The summed E-state index contributed by atoms with van der Waals surface area (Å²) in [5.74, 6) is 2.38. The van der Waals surface area contributed by atoms with Crippen LogP contribution in [0.15, 0.2) is 65.7 Å². The molecule has 2 heterocycles. The van der Waals surface area contributed by atoms with E-state index < -0.39 is 10.0 Å². The van der Waals surface area contributed by atoms with E-state index in [1.807, 2.05) is 44.4 Å². The number of sulfonamides is 1. The van der Waals surface area contributed by atoms with Gasteiger partial charge < -0.3 is 14.5 Å². The van der Waals surface area contributed by atoms with E-state index in [1.165, 1.54) is 24.8 Å². The first-order valence-corrected chi connectivity index (χ1v) is 12.1. The van der Waals surface area contributed by atoms with Gasteiger partial charge in [-0.1, -0.05) is 18.2 Å². The Balaban J connectivity index is 1.53. The molecule has 0 amide bonds. The third-order valence-corrected chi connectivity index (χ3v) is 6.56. The highest BCUT2D eigenvalue weighted by atomic mass is 32.2. The third kappa shape index (κ3) is 5.11. The molecule has 4 rings (SSSR count). The van der Waals surface area contributed by atoms with E-state index in [-0.39, 0.29) is 4.90 Å². The fourth-order valence-electron chi connectivity index (χ4n) is 3.54. The number of hydrogen-bond acceptors (Lipinski definition) is 7. The standard InChI is InChI=1S/C23H27N5O3S/c1-27(2)22-21(17-24-23(25-22)28-15-7-4-8-16-28)26-32(29,30)20-13-11-19(12-14-20)31-18-9-5-3-6-10-18/h3,5-6,9-14,17,26H,4,7-8,15-16H2,1-2H3. The second-order valence-corrected chi connectivity index (χ2v) is 9.52. The Hall–Kier alpha value is -3.33. The molecule has 1 fully saturated rings. The zero-order chi connectivity index (χ0) is 22.6. The number of benzene rings is 2. The molecule has 1 saturated heterocycles. The van der Waals surface area contributed by atoms with Crippen LogP contribution in [-0.2, 0) is 10.0 Å². The summed E-state index contributed by atoms with van der Waals surface area (Å²) in [4.78, 5) is 13.1. The number of ether oxygens (including phenoxy) is 1. The molecule has 32 heavy (non-hydrogen) atoms. The van der Waals surface area contributed by atoms with Crippen LogP contribution in [-0.4, -0.2) is 45.6 Å². The van der Waals surface area contributed by atoms with Gasteiger partial charge in [-0.25, -0.2) is 13.4 Å². The molecular weight excluding hydrogens is 426 g/mol. The van der Waals surface area contributed by atoms with Gasteiger partial charge in [-0.3, -0.25) is 4.72 Å². The van der Waals surface area contributed by atoms with Gasteiger partial charge in [0.15, 0.2) is 5.82 Å². The fraction of sp³-hybridized carbons (Fsp3) is 0.304. The lowest BCUT2D eigenvalue weighted by atomic mass is 10.1. The Morgan fingerprint density at radius 2 is 1.59 bits per heavy atom. The Kier molecular flexibility index (Phi) is 6.45. The number of anilines is 3. The van der Waals surface area contributed by atoms with Crippen molar-refractivity contribution in [3.8, 4) is 11.5 Å². The number of aromatic nitrogens is 2. The Morgan fingerprint density at radius 1 is 0.938 bits per heavy atom. The molecule has 0 unspecified atom stereocenters. The van der Waals surface area contributed by atoms with Crippen LogP contribution < -0.4 is 19.3 Å². The van der Waals surface area contributed by atoms with Gasteiger partial charge in [0.05, 0.1) is 11.1 Å². The topological polar surface area (TPSA) is 87.7 Å². The highest BCUT2D eigenvalue weighted by Gasteiger charge is 2.21. The first kappa shape index (κ1) is 21.9. The highest BCUT2D eigenvalue weighted by molar-refractivity contribution is 7.92. The average molecular weight is 454 g/mol. The average Bonchev–Trinajstić information content (AvgIpc) is 2.80. The van der Waals surface area contributed by atoms with Crippen LogP contribution in [0.5, 0.6) is 11.5 Å². The molecule has 0 saturated carbocycles. The molecule has 168 valence electrons. The maximum absolute atomic E-state index is 13.0. The number of nitrogens with zero attached hydrogens (tertiary/aromatic N) is 4. The predicted molar refractivity (Wildman–Crippen MR) is 126 cm³/mol. The van der Waals surface area contributed by atoms with Crippen LogP contribution in [0.3, 0.4) is 0 Å². The lowest BCUT2D eigenvalue weighted by Gasteiger charge is -2.28. The molecule has 2 aromatic carbocycles. The molecule has 3 aromatic rings. The van der Waals surface area contributed by atoms with Crippen molar-refractivity contribution in [3.05, 3.63) is 60.8 Å². The van der Waals surface area contributed by atoms with Gasteiger partial charge in [-0.15, -0.1) is 0 Å². The summed E-state index contributed by atoms with van der Waals surface area (Å²) in [6.45, 7) is 1.82. The molecule has 1 aliphatic heterocycles. The molecule has 0 radical (unpaired) electrons. The van der Waals surface area contributed by atoms with Crippen molar-refractivity contribution in [2.45, 2.75) is 24.2 Å². The summed E-state index contributed by atoms with van der Waals surface area (Å²) in [5.41, 5.74) is 0.334. The third-order valence-electron chi connectivity index (χ3n) is 5.18. The van der Waals surface area contributed by atoms with Crippen LogP contribution in [0, 0.1) is 0 Å². The molecule has 0 aliphatic carbocycles. The zero-order valence-electron chi connectivity index (χ0n) is 18.2. The van der Waals surface area contributed by atoms with Crippen LogP contribution >= 0.6 is 0 Å². The smallest absolute Gasteiger partial charge is 0.262 e. The van der Waals surface area contributed by atoms with Gasteiger partial charge in [-0.2, -0.15) is 4.98 Å². The second kappa shape index (κ2) is 9.44. The molecule has 0 atom stereocenters. The summed E-state index contributed by atoms with van der Waals surface area (Å²) < 4.78 is 34.4. The quantitative estimate of drug-likeness (QED) is 0.576. The Morgan fingerprint density at radius 3 is 2.25 bits per heavy atom. The largest absolute Gasteiger partial charge is 0.457 e. The van der Waals surface area contributed by atoms with Crippen LogP contribution in [0.2, 0.25) is 0 Å². The van der Waals surface area contributed by atoms with E-state index in [0.717, 1.165) is 25.9 Å². The Bertz CT molecular complexity index is 1150. The van der Waals surface area contributed by atoms with Crippen LogP contribution in [0.1, 0.15) is 19.3 Å². The monoisotopic (exact) mass is 453 g/mol. The van der Waals surface area contributed by atoms with Crippen molar-refractivity contribution in [3.63, 3.8) is 0 Å². The number of para-hydroxylation sites is 1. The van der Waals surface area contributed by atoms with E-state index in [4.69, 9.17) is 4.74 Å². The van der Waals surface area contributed by atoms with Gasteiger partial charge in [-0.05, 0) is 55.7 Å². The SMILES string of the molecule is CN(C)c1nc(N2CCCCC2)ncc1NS(=O)(=O)c1ccc(Oc2ccccc2)cc1. The van der Waals surface area contributed by atoms with Gasteiger partial charge in [0.1, 0.15) is 17.2 Å². The van der Waals surface area contributed by atoms with Crippen molar-refractivity contribution in [2.75, 3.05) is 41.7 Å². The normalized spacial score (nSPS) is 14.1. The summed E-state index contributed by atoms with van der Waals surface area (Å²) in [6, 6.07) is 15.6. The highest BCUT2D eigenvalue weighted by Crippen LogP contribution is 2.28. The van der Waals surface area contributed by atoms with Crippen molar-refractivity contribution >= 4 is 27.5 Å². The second-order valence-electron chi connectivity index (χ2n) is 7.84. The maximum Gasteiger partial charge on any atom is 0.262 e. The van der Waals surface area contributed by atoms with Crippen LogP contribution in [0.25, 0.3) is 0 Å². The summed E-state index contributed by atoms with van der Waals surface area (Å²) >= 11 is 0. The van der Waals surface area contributed by atoms with Crippen LogP contribution in [0.4, 0.5) is 17.5 Å². The molecule has 0 spiro atoms. The molecule has 1 N–H and O–H groups in total. The number of nitrogens with one attached hydrogen (secondary N) is 1. The van der Waals surface area contributed by atoms with E-state index >= 15 is 0 Å². The first-order valence-electron chi connectivity index (χ1n) is 10.6. The van der Waals surface area contributed by atoms with E-state index in [0.29, 0.717) is 29.0 Å². The van der Waals surface area contributed by atoms with Crippen molar-refractivity contribution < 1.29 is 13.2 Å². The van der Waals surface area contributed by atoms with Gasteiger partial charge in [0, 0.05) is 27.2 Å². The fourth-order valence-corrected chi connectivity index (χ4v) is 4.58. The molecule has 9 heteroatoms. The van der Waals surface area contributed by atoms with E-state index in [9.17, 15) is 8.42 Å². The van der Waals surface area contributed by atoms with Crippen molar-refractivity contribution in [2.24, 2.45) is 0 Å². The van der Waals surface area contributed by atoms with Crippen molar-refractivity contribution in [1.82, 2.24) is 9.97 Å². The minimum Gasteiger partial charge on any atom is -0.457 e. The van der Waals surface area contributed by atoms with Crippen molar-refractivity contribution in [1.29, 1.82) is 0 Å². The number of hydrogen-bond donors (Lipinski definition) is 1. The minimum atomic E-state index is -3.82. The number of rotatable bonds is 7. The molecule has 8 nitrogen and oxygen atoms in total.